The number of hydrogen-bond acceptors (Lipinski definition) is 3. The first-order chi connectivity index (χ1) is 6.80. The molecule has 86 valence electrons. The zero-order valence-electron chi connectivity index (χ0n) is 9.96. The predicted octanol–water partition coefficient (Wildman–Crippen LogP) is 1.55. The molecule has 0 spiro atoms. The molecule has 0 rings (SSSR count). The fraction of sp³-hybridized carbons (Fsp3) is 0.727. The van der Waals surface area contributed by atoms with Gasteiger partial charge in [0.15, 0.2) is 0 Å². The number of carbonyl (C=O) groups is 1. The zero-order chi connectivity index (χ0) is 12.1. The van der Waals surface area contributed by atoms with Crippen molar-refractivity contribution in [3.63, 3.8) is 0 Å². The topological polar surface area (TPSA) is 47.6 Å². The Kier molecular flexibility index (Phi) is 5.16. The second kappa shape index (κ2) is 5.62. The molecule has 0 fully saturated rings. The molecule has 0 aliphatic carbocycles. The Balaban J connectivity index is 4.21. The van der Waals surface area contributed by atoms with Crippen molar-refractivity contribution in [1.29, 1.82) is 0 Å². The van der Waals surface area contributed by atoms with Gasteiger partial charge in [0.2, 0.25) is 0 Å². The highest BCUT2D eigenvalue weighted by Gasteiger charge is 2.21. The van der Waals surface area contributed by atoms with E-state index in [-0.39, 0.29) is 6.10 Å². The van der Waals surface area contributed by atoms with Crippen LogP contribution in [-0.4, -0.2) is 30.9 Å². The predicted molar refractivity (Wildman–Crippen MR) is 58.5 cm³/mol. The van der Waals surface area contributed by atoms with Gasteiger partial charge >= 0.3 is 6.09 Å². The summed E-state index contributed by atoms with van der Waals surface area (Å²) in [4.78, 5) is 11.4. The van der Waals surface area contributed by atoms with Crippen LogP contribution in [0.25, 0.3) is 0 Å². The molecule has 2 unspecified atom stereocenters. The number of alkyl carbamates (subject to hydrolysis) is 1. The van der Waals surface area contributed by atoms with Crippen LogP contribution in [0, 0.1) is 12.3 Å². The largest absolute Gasteiger partial charge is 0.444 e. The van der Waals surface area contributed by atoms with Gasteiger partial charge in [-0.3, -0.25) is 0 Å². The second-order valence-corrected chi connectivity index (χ2v) is 4.23. The number of carbonyl (C=O) groups excluding carboxylic acids is 1. The molecule has 0 bridgehead atoms. The van der Waals surface area contributed by atoms with Crippen LogP contribution in [0.3, 0.4) is 0 Å². The smallest absolute Gasteiger partial charge is 0.408 e. The molecule has 0 saturated carbocycles. The molecule has 0 aromatic rings. The SMILES string of the molecule is C#CC(NC(=O)OC(C)(C)C)C(C)OC. The minimum Gasteiger partial charge on any atom is -0.444 e. The summed E-state index contributed by atoms with van der Waals surface area (Å²) in [6.07, 6.45) is 4.48. The Labute approximate surface area is 91.3 Å². The molecular formula is C11H19NO3. The molecule has 4 nitrogen and oxygen atoms in total. The van der Waals surface area contributed by atoms with Crippen molar-refractivity contribution in [2.75, 3.05) is 7.11 Å². The third-order valence-corrected chi connectivity index (χ3v) is 1.69. The summed E-state index contributed by atoms with van der Waals surface area (Å²) in [5.41, 5.74) is -0.528. The third-order valence-electron chi connectivity index (χ3n) is 1.69. The molecule has 1 amide bonds. The summed E-state index contributed by atoms with van der Waals surface area (Å²) in [7, 11) is 1.53. The number of rotatable bonds is 3. The average molecular weight is 213 g/mol. The van der Waals surface area contributed by atoms with Crippen LogP contribution >= 0.6 is 0 Å². The molecule has 0 aromatic carbocycles. The highest BCUT2D eigenvalue weighted by molar-refractivity contribution is 5.68. The lowest BCUT2D eigenvalue weighted by Crippen LogP contribution is -2.44. The molecule has 0 aromatic heterocycles. The molecular weight excluding hydrogens is 194 g/mol. The maximum Gasteiger partial charge on any atom is 0.408 e. The van der Waals surface area contributed by atoms with Gasteiger partial charge in [0, 0.05) is 7.11 Å². The van der Waals surface area contributed by atoms with Crippen LogP contribution < -0.4 is 5.32 Å². The van der Waals surface area contributed by atoms with Gasteiger partial charge in [-0.1, -0.05) is 5.92 Å². The van der Waals surface area contributed by atoms with Crippen molar-refractivity contribution in [3.05, 3.63) is 0 Å². The first-order valence-electron chi connectivity index (χ1n) is 4.78. The fourth-order valence-corrected chi connectivity index (χ4v) is 0.865. The molecule has 4 heteroatoms. The number of ether oxygens (including phenoxy) is 2. The van der Waals surface area contributed by atoms with E-state index in [1.807, 2.05) is 0 Å². The highest BCUT2D eigenvalue weighted by Crippen LogP contribution is 2.07. The van der Waals surface area contributed by atoms with E-state index in [9.17, 15) is 4.79 Å². The second-order valence-electron chi connectivity index (χ2n) is 4.23. The van der Waals surface area contributed by atoms with E-state index in [1.54, 1.807) is 27.7 Å². The monoisotopic (exact) mass is 213 g/mol. The Morgan fingerprint density at radius 1 is 1.47 bits per heavy atom. The standard InChI is InChI=1S/C11H19NO3/c1-7-9(8(2)14-6)12-10(13)15-11(3,4)5/h1,8-9H,2-6H3,(H,12,13). The van der Waals surface area contributed by atoms with E-state index >= 15 is 0 Å². The van der Waals surface area contributed by atoms with E-state index in [0.29, 0.717) is 0 Å². The Bertz CT molecular complexity index is 250. The molecule has 0 aliphatic heterocycles. The molecule has 1 N–H and O–H groups in total. The summed E-state index contributed by atoms with van der Waals surface area (Å²) in [5, 5.41) is 2.55. The Hall–Kier alpha value is -1.21. The van der Waals surface area contributed by atoms with E-state index in [1.165, 1.54) is 7.11 Å². The summed E-state index contributed by atoms with van der Waals surface area (Å²) >= 11 is 0. The minimum atomic E-state index is -0.533. The third kappa shape index (κ3) is 5.97. The molecule has 0 heterocycles. The van der Waals surface area contributed by atoms with Gasteiger partial charge in [0.1, 0.15) is 11.6 Å². The number of nitrogens with one attached hydrogen (secondary N) is 1. The van der Waals surface area contributed by atoms with Crippen molar-refractivity contribution in [2.24, 2.45) is 0 Å². The number of amides is 1. The van der Waals surface area contributed by atoms with Crippen LogP contribution in [0.2, 0.25) is 0 Å². The quantitative estimate of drug-likeness (QED) is 0.723. The average Bonchev–Trinajstić information content (AvgIpc) is 2.10. The van der Waals surface area contributed by atoms with E-state index < -0.39 is 17.7 Å². The summed E-state index contributed by atoms with van der Waals surface area (Å²) in [5.74, 6) is 2.43. The Morgan fingerprint density at radius 3 is 2.33 bits per heavy atom. The van der Waals surface area contributed by atoms with Crippen LogP contribution in [0.4, 0.5) is 4.79 Å². The Morgan fingerprint density at radius 2 is 2.00 bits per heavy atom. The molecule has 0 radical (unpaired) electrons. The maximum atomic E-state index is 11.4. The van der Waals surface area contributed by atoms with Gasteiger partial charge in [0.05, 0.1) is 6.10 Å². The number of terminal acetylenes is 1. The van der Waals surface area contributed by atoms with E-state index in [4.69, 9.17) is 15.9 Å². The first kappa shape index (κ1) is 13.8. The molecule has 15 heavy (non-hydrogen) atoms. The number of methoxy groups -OCH3 is 1. The van der Waals surface area contributed by atoms with Crippen LogP contribution in [0.5, 0.6) is 0 Å². The van der Waals surface area contributed by atoms with Crippen molar-refractivity contribution in [3.8, 4) is 12.3 Å². The van der Waals surface area contributed by atoms with Crippen molar-refractivity contribution >= 4 is 6.09 Å². The molecule has 0 aliphatic rings. The van der Waals surface area contributed by atoms with Gasteiger partial charge in [-0.2, -0.15) is 0 Å². The van der Waals surface area contributed by atoms with Crippen LogP contribution in [0.1, 0.15) is 27.7 Å². The van der Waals surface area contributed by atoms with Crippen LogP contribution in [0.15, 0.2) is 0 Å². The van der Waals surface area contributed by atoms with Gasteiger partial charge in [0.25, 0.3) is 0 Å². The van der Waals surface area contributed by atoms with Gasteiger partial charge in [-0.15, -0.1) is 6.42 Å². The van der Waals surface area contributed by atoms with Gasteiger partial charge in [-0.05, 0) is 27.7 Å². The molecule has 2 atom stereocenters. The lowest BCUT2D eigenvalue weighted by molar-refractivity contribution is 0.0428. The number of hydrogen-bond donors (Lipinski definition) is 1. The normalized spacial score (nSPS) is 14.9. The van der Waals surface area contributed by atoms with Gasteiger partial charge < -0.3 is 14.8 Å². The van der Waals surface area contributed by atoms with E-state index in [0.717, 1.165) is 0 Å². The minimum absolute atomic E-state index is 0.248. The van der Waals surface area contributed by atoms with Gasteiger partial charge in [-0.25, -0.2) is 4.79 Å². The summed E-state index contributed by atoms with van der Waals surface area (Å²) in [6.45, 7) is 7.15. The maximum absolute atomic E-state index is 11.4. The summed E-state index contributed by atoms with van der Waals surface area (Å²) < 4.78 is 10.1. The van der Waals surface area contributed by atoms with Crippen molar-refractivity contribution in [2.45, 2.75) is 45.4 Å². The zero-order valence-corrected chi connectivity index (χ0v) is 9.96. The molecule has 0 saturated heterocycles. The fourth-order valence-electron chi connectivity index (χ4n) is 0.865. The first-order valence-corrected chi connectivity index (χ1v) is 4.78. The highest BCUT2D eigenvalue weighted by atomic mass is 16.6. The summed E-state index contributed by atoms with van der Waals surface area (Å²) in [6, 6.07) is -0.482. The van der Waals surface area contributed by atoms with Crippen LogP contribution in [-0.2, 0) is 9.47 Å². The van der Waals surface area contributed by atoms with Crippen molar-refractivity contribution in [1.82, 2.24) is 5.32 Å². The lowest BCUT2D eigenvalue weighted by Gasteiger charge is -2.23. The lowest BCUT2D eigenvalue weighted by atomic mass is 10.2. The van der Waals surface area contributed by atoms with Crippen molar-refractivity contribution < 1.29 is 14.3 Å². The van der Waals surface area contributed by atoms with E-state index in [2.05, 4.69) is 11.2 Å².